The van der Waals surface area contributed by atoms with Crippen molar-refractivity contribution < 1.29 is 9.15 Å². The number of hydrogen-bond donors (Lipinski definition) is 1. The summed E-state index contributed by atoms with van der Waals surface area (Å²) in [7, 11) is -1.15. The van der Waals surface area contributed by atoms with E-state index in [1.54, 1.807) is 12.4 Å². The van der Waals surface area contributed by atoms with Gasteiger partial charge >= 0.3 is 0 Å². The number of anilines is 1. The van der Waals surface area contributed by atoms with Gasteiger partial charge in [-0.1, -0.05) is 19.6 Å². The second kappa shape index (κ2) is 9.28. The zero-order valence-corrected chi connectivity index (χ0v) is 21.6. The number of pyridine rings is 1. The first-order valence-electron chi connectivity index (χ1n) is 12.0. The van der Waals surface area contributed by atoms with Gasteiger partial charge in [0.15, 0.2) is 12.2 Å². The molecule has 1 aromatic carbocycles. The Bertz CT molecular complexity index is 1400. The molecule has 0 fully saturated rings. The van der Waals surface area contributed by atoms with Gasteiger partial charge in [0, 0.05) is 32.0 Å². The van der Waals surface area contributed by atoms with Crippen molar-refractivity contribution in [2.24, 2.45) is 0 Å². The van der Waals surface area contributed by atoms with Gasteiger partial charge in [0.05, 0.1) is 29.0 Å². The van der Waals surface area contributed by atoms with Crippen LogP contribution in [0.2, 0.25) is 25.7 Å². The van der Waals surface area contributed by atoms with Gasteiger partial charge in [0.1, 0.15) is 18.5 Å². The Kier molecular flexibility index (Phi) is 6.17. The van der Waals surface area contributed by atoms with Crippen molar-refractivity contribution in [2.45, 2.75) is 58.2 Å². The fraction of sp³-hybridized carbons (Fsp3) is 0.385. The zero-order chi connectivity index (χ0) is 24.6. The Labute approximate surface area is 206 Å². The van der Waals surface area contributed by atoms with Crippen LogP contribution in [0.25, 0.3) is 22.4 Å². The molecule has 0 radical (unpaired) electrons. The van der Waals surface area contributed by atoms with E-state index in [1.165, 1.54) is 12.0 Å². The predicted octanol–water partition coefficient (Wildman–Crippen LogP) is 5.68. The van der Waals surface area contributed by atoms with Crippen LogP contribution in [0.4, 0.5) is 5.69 Å². The van der Waals surface area contributed by atoms with Crippen molar-refractivity contribution in [3.63, 3.8) is 0 Å². The molecular formula is C26H30N6O2Si. The Morgan fingerprint density at radius 2 is 2.14 bits per heavy atom. The topological polar surface area (TPSA) is 102 Å². The molecule has 3 heterocycles. The first-order valence-corrected chi connectivity index (χ1v) is 15.7. The molecule has 1 atom stereocenters. The van der Waals surface area contributed by atoms with E-state index in [-0.39, 0.29) is 6.04 Å². The molecule has 35 heavy (non-hydrogen) atoms. The summed E-state index contributed by atoms with van der Waals surface area (Å²) >= 11 is 0. The van der Waals surface area contributed by atoms with E-state index in [9.17, 15) is 5.26 Å². The van der Waals surface area contributed by atoms with Crippen LogP contribution < -0.4 is 5.32 Å². The summed E-state index contributed by atoms with van der Waals surface area (Å²) in [6.07, 6.45) is 6.65. The minimum Gasteiger partial charge on any atom is -0.442 e. The maximum Gasteiger partial charge on any atom is 0.181 e. The number of nitriles is 1. The quantitative estimate of drug-likeness (QED) is 0.252. The van der Waals surface area contributed by atoms with E-state index in [1.807, 2.05) is 11.6 Å². The molecule has 4 aromatic rings. The third-order valence-electron chi connectivity index (χ3n) is 6.60. The normalized spacial score (nSPS) is 15.3. The number of nitrogens with one attached hydrogen (secondary N) is 1. The monoisotopic (exact) mass is 486 g/mol. The molecule has 0 bridgehead atoms. The van der Waals surface area contributed by atoms with Crippen LogP contribution >= 0.6 is 0 Å². The van der Waals surface area contributed by atoms with Crippen molar-refractivity contribution in [1.29, 1.82) is 5.26 Å². The van der Waals surface area contributed by atoms with Crippen LogP contribution in [0.1, 0.15) is 34.8 Å². The van der Waals surface area contributed by atoms with Crippen molar-refractivity contribution >= 4 is 24.7 Å². The van der Waals surface area contributed by atoms with Gasteiger partial charge in [-0.25, -0.2) is 9.67 Å². The van der Waals surface area contributed by atoms with Crippen LogP contribution in [0.15, 0.2) is 41.4 Å². The van der Waals surface area contributed by atoms with Gasteiger partial charge in [-0.15, -0.1) is 0 Å². The molecule has 0 spiro atoms. The molecule has 1 aliphatic carbocycles. The summed E-state index contributed by atoms with van der Waals surface area (Å²) in [6, 6.07) is 9.70. The van der Waals surface area contributed by atoms with E-state index < -0.39 is 8.07 Å². The number of oxazole rings is 1. The van der Waals surface area contributed by atoms with Gasteiger partial charge in [0.2, 0.25) is 0 Å². The van der Waals surface area contributed by atoms with Gasteiger partial charge < -0.3 is 14.5 Å². The fourth-order valence-corrected chi connectivity index (χ4v) is 5.33. The molecule has 180 valence electrons. The highest BCUT2D eigenvalue weighted by Gasteiger charge is 2.27. The first-order chi connectivity index (χ1) is 16.8. The third kappa shape index (κ3) is 4.72. The maximum atomic E-state index is 9.33. The summed E-state index contributed by atoms with van der Waals surface area (Å²) in [5.41, 5.74) is 6.63. The minimum absolute atomic E-state index is 0.0996. The van der Waals surface area contributed by atoms with Crippen LogP contribution in [0.3, 0.4) is 0 Å². The predicted molar refractivity (Wildman–Crippen MR) is 138 cm³/mol. The lowest BCUT2D eigenvalue weighted by molar-refractivity contribution is 0.0818. The highest BCUT2D eigenvalue weighted by Crippen LogP contribution is 2.36. The Morgan fingerprint density at radius 3 is 2.89 bits per heavy atom. The molecule has 0 amide bonds. The first kappa shape index (κ1) is 23.3. The average Bonchev–Trinajstić information content (AvgIpc) is 3.56. The van der Waals surface area contributed by atoms with Gasteiger partial charge in [-0.2, -0.15) is 10.4 Å². The van der Waals surface area contributed by atoms with E-state index in [0.29, 0.717) is 18.1 Å². The number of hydrogen-bond acceptors (Lipinski definition) is 7. The summed E-state index contributed by atoms with van der Waals surface area (Å²) in [4.78, 5) is 8.69. The van der Waals surface area contributed by atoms with Crippen LogP contribution in [-0.4, -0.2) is 34.4 Å². The molecule has 0 saturated carbocycles. The van der Waals surface area contributed by atoms with Crippen molar-refractivity contribution in [1.82, 2.24) is 19.7 Å². The number of fused-ring (bicyclic) bond motifs is 2. The number of nitrogens with zero attached hydrogens (tertiary/aromatic N) is 5. The summed E-state index contributed by atoms with van der Waals surface area (Å²) in [5, 5.41) is 18.8. The van der Waals surface area contributed by atoms with Gasteiger partial charge in [-0.05, 0) is 55.1 Å². The molecular weight excluding hydrogens is 456 g/mol. The summed E-state index contributed by atoms with van der Waals surface area (Å²) in [6.45, 7) is 10.2. The number of benzene rings is 1. The van der Waals surface area contributed by atoms with Crippen molar-refractivity contribution in [2.75, 3.05) is 11.9 Å². The highest BCUT2D eigenvalue weighted by molar-refractivity contribution is 6.76. The molecule has 9 heteroatoms. The second-order valence-electron chi connectivity index (χ2n) is 10.3. The number of ether oxygens (including phenoxy) is 1. The van der Waals surface area contributed by atoms with E-state index in [2.05, 4.69) is 59.2 Å². The largest absolute Gasteiger partial charge is 0.442 e. The highest BCUT2D eigenvalue weighted by atomic mass is 28.3. The second-order valence-corrected chi connectivity index (χ2v) is 15.9. The third-order valence-corrected chi connectivity index (χ3v) is 8.30. The molecule has 0 saturated heterocycles. The lowest BCUT2D eigenvalue weighted by atomic mass is 10.0. The smallest absolute Gasteiger partial charge is 0.181 e. The fourth-order valence-electron chi connectivity index (χ4n) is 4.57. The molecule has 8 nitrogen and oxygen atoms in total. The van der Waals surface area contributed by atoms with Crippen LogP contribution in [0, 0.1) is 18.3 Å². The molecule has 1 N–H and O–H groups in total. The number of rotatable bonds is 8. The Morgan fingerprint density at radius 1 is 1.29 bits per heavy atom. The van der Waals surface area contributed by atoms with Crippen LogP contribution in [-0.2, 0) is 17.9 Å². The SMILES string of the molecule is Cc1c(C#N)cnc2c1CCC2Nc1ccc2c(c1)c(-c1cnco1)nn2COCC[Si](C)(C)C. The van der Waals surface area contributed by atoms with Gasteiger partial charge in [0.25, 0.3) is 0 Å². The lowest BCUT2D eigenvalue weighted by Gasteiger charge is -2.16. The van der Waals surface area contributed by atoms with E-state index >= 15 is 0 Å². The minimum atomic E-state index is -1.15. The Hall–Kier alpha value is -3.48. The number of aromatic nitrogens is 4. The average molecular weight is 487 g/mol. The summed E-state index contributed by atoms with van der Waals surface area (Å²) < 4.78 is 13.5. The lowest BCUT2D eigenvalue weighted by Crippen LogP contribution is -2.22. The molecule has 1 aliphatic rings. The van der Waals surface area contributed by atoms with Gasteiger partial charge in [-0.3, -0.25) is 4.98 Å². The van der Waals surface area contributed by atoms with Crippen LogP contribution in [0.5, 0.6) is 0 Å². The standard InChI is InChI=1S/C26H30N6O2Si/c1-17-18(12-27)13-29-25-20(17)6-7-22(25)30-19-5-8-23-21(11-19)26(24-14-28-15-34-24)31-32(23)16-33-9-10-35(2,3)4/h5,8,11,13-15,22,30H,6-7,9-10,16H2,1-4H3. The van der Waals surface area contributed by atoms with Crippen molar-refractivity contribution in [3.05, 3.63) is 59.4 Å². The molecule has 3 aromatic heterocycles. The molecule has 5 rings (SSSR count). The maximum absolute atomic E-state index is 9.33. The molecule has 1 unspecified atom stereocenters. The molecule has 0 aliphatic heterocycles. The van der Waals surface area contributed by atoms with E-state index in [0.717, 1.165) is 59.0 Å². The van der Waals surface area contributed by atoms with Crippen molar-refractivity contribution in [3.8, 4) is 17.5 Å². The zero-order valence-electron chi connectivity index (χ0n) is 20.6. The Balaban J connectivity index is 1.42. The van der Waals surface area contributed by atoms with E-state index in [4.69, 9.17) is 14.3 Å². The summed E-state index contributed by atoms with van der Waals surface area (Å²) in [5.74, 6) is 0.625.